The molecule has 1 N–H and O–H groups in total. The molecule has 1 heterocycles. The van der Waals surface area contributed by atoms with E-state index >= 15 is 0 Å². The highest BCUT2D eigenvalue weighted by atomic mass is 32.2. The number of nitrogens with one attached hydrogen (secondary N) is 1. The van der Waals surface area contributed by atoms with Crippen LogP contribution in [-0.4, -0.2) is 74.7 Å². The van der Waals surface area contributed by atoms with Crippen LogP contribution >= 0.6 is 0 Å². The van der Waals surface area contributed by atoms with E-state index in [0.29, 0.717) is 39.1 Å². The van der Waals surface area contributed by atoms with Gasteiger partial charge >= 0.3 is 6.09 Å². The fraction of sp³-hybridized carbons (Fsp3) is 0.882. The number of piperidine rings is 1. The minimum Gasteiger partial charge on any atom is -0.450 e. The lowest BCUT2D eigenvalue weighted by Gasteiger charge is -2.36. The average Bonchev–Trinajstić information content (AvgIpc) is 2.59. The molecule has 0 radical (unpaired) electrons. The zero-order chi connectivity index (χ0) is 19.7. The lowest BCUT2D eigenvalue weighted by molar-refractivity contribution is -0.125. The highest BCUT2D eigenvalue weighted by Gasteiger charge is 2.31. The van der Waals surface area contributed by atoms with Crippen LogP contribution < -0.4 is 5.32 Å². The molecule has 1 aliphatic rings. The van der Waals surface area contributed by atoms with E-state index in [4.69, 9.17) is 4.74 Å². The first-order chi connectivity index (χ1) is 12.2. The lowest BCUT2D eigenvalue weighted by Crippen LogP contribution is -2.50. The zero-order valence-corrected chi connectivity index (χ0v) is 17.2. The summed E-state index contributed by atoms with van der Waals surface area (Å²) in [4.78, 5) is 25.4. The van der Waals surface area contributed by atoms with E-state index in [1.807, 2.05) is 13.8 Å². The fourth-order valence-corrected chi connectivity index (χ4v) is 4.44. The first-order valence-electron chi connectivity index (χ1n) is 9.40. The maximum atomic E-state index is 12.2. The number of hydrogen-bond donors (Lipinski definition) is 1. The predicted octanol–water partition coefficient (Wildman–Crippen LogP) is 1.42. The third kappa shape index (κ3) is 6.75. The van der Waals surface area contributed by atoms with E-state index in [-0.39, 0.29) is 30.5 Å². The van der Waals surface area contributed by atoms with E-state index < -0.39 is 10.0 Å². The molecule has 1 aliphatic heterocycles. The molecule has 0 bridgehead atoms. The van der Waals surface area contributed by atoms with Crippen molar-refractivity contribution in [3.8, 4) is 0 Å². The largest absolute Gasteiger partial charge is 0.450 e. The molecule has 1 saturated heterocycles. The summed E-state index contributed by atoms with van der Waals surface area (Å²) in [6.07, 6.45) is 3.50. The molecule has 0 aromatic heterocycles. The average molecular weight is 392 g/mol. The molecule has 152 valence electrons. The van der Waals surface area contributed by atoms with Gasteiger partial charge in [-0.1, -0.05) is 13.8 Å². The van der Waals surface area contributed by atoms with Crippen molar-refractivity contribution >= 4 is 22.0 Å². The third-order valence-corrected chi connectivity index (χ3v) is 6.14. The smallest absolute Gasteiger partial charge is 0.409 e. The van der Waals surface area contributed by atoms with E-state index in [0.717, 1.165) is 12.8 Å². The Morgan fingerprint density at radius 1 is 1.19 bits per heavy atom. The summed E-state index contributed by atoms with van der Waals surface area (Å²) in [6.45, 7) is 7.48. The number of ether oxygens (including phenoxy) is 1. The Balaban J connectivity index is 2.59. The van der Waals surface area contributed by atoms with Crippen LogP contribution in [0.4, 0.5) is 4.79 Å². The second-order valence-electron chi connectivity index (χ2n) is 6.60. The topological polar surface area (TPSA) is 96.0 Å². The standard InChI is InChI=1S/C17H33N3O5S/c1-5-14(6-2)16(21)18-10-13-20(26(4,23)24)15-8-11-19(12-9-15)17(22)25-7-3/h14-15H,5-13H2,1-4H3,(H,18,21). The molecular weight excluding hydrogens is 358 g/mol. The van der Waals surface area contributed by atoms with Gasteiger partial charge in [-0.25, -0.2) is 13.2 Å². The number of amides is 2. The monoisotopic (exact) mass is 391 g/mol. The van der Waals surface area contributed by atoms with Gasteiger partial charge in [0.1, 0.15) is 0 Å². The lowest BCUT2D eigenvalue weighted by atomic mass is 10.0. The molecule has 8 nitrogen and oxygen atoms in total. The van der Waals surface area contributed by atoms with Crippen LogP contribution in [0.25, 0.3) is 0 Å². The van der Waals surface area contributed by atoms with E-state index in [1.54, 1.807) is 11.8 Å². The third-order valence-electron chi connectivity index (χ3n) is 4.81. The second kappa shape index (κ2) is 10.7. The van der Waals surface area contributed by atoms with E-state index in [2.05, 4.69) is 5.32 Å². The summed E-state index contributed by atoms with van der Waals surface area (Å²) >= 11 is 0. The van der Waals surface area contributed by atoms with Crippen LogP contribution in [-0.2, 0) is 19.6 Å². The van der Waals surface area contributed by atoms with Crippen molar-refractivity contribution in [3.05, 3.63) is 0 Å². The zero-order valence-electron chi connectivity index (χ0n) is 16.4. The summed E-state index contributed by atoms with van der Waals surface area (Å²) < 4.78 is 30.8. The van der Waals surface area contributed by atoms with Gasteiger partial charge in [-0.05, 0) is 32.6 Å². The fourth-order valence-electron chi connectivity index (χ4n) is 3.26. The SMILES string of the molecule is CCOC(=O)N1CCC(N(CCNC(=O)C(CC)CC)S(C)(=O)=O)CC1. The number of carbonyl (C=O) groups excluding carboxylic acids is 2. The highest BCUT2D eigenvalue weighted by Crippen LogP contribution is 2.19. The van der Waals surface area contributed by atoms with Gasteiger partial charge < -0.3 is 15.0 Å². The number of sulfonamides is 1. The van der Waals surface area contributed by atoms with Gasteiger partial charge in [0.15, 0.2) is 0 Å². The summed E-state index contributed by atoms with van der Waals surface area (Å²) in [5.74, 6) is -0.0601. The Kier molecular flexibility index (Phi) is 9.35. The van der Waals surface area contributed by atoms with Gasteiger partial charge in [-0.3, -0.25) is 4.79 Å². The number of likely N-dealkylation sites (tertiary alicyclic amines) is 1. The molecule has 0 atom stereocenters. The van der Waals surface area contributed by atoms with Gasteiger partial charge in [0.05, 0.1) is 12.9 Å². The van der Waals surface area contributed by atoms with Crippen molar-refractivity contribution in [2.75, 3.05) is 39.0 Å². The Morgan fingerprint density at radius 2 is 1.77 bits per heavy atom. The number of carbonyl (C=O) groups is 2. The molecule has 26 heavy (non-hydrogen) atoms. The van der Waals surface area contributed by atoms with Crippen molar-refractivity contribution < 1.29 is 22.7 Å². The molecule has 0 aliphatic carbocycles. The molecular formula is C17H33N3O5S. The van der Waals surface area contributed by atoms with Crippen LogP contribution in [0.2, 0.25) is 0 Å². The molecule has 9 heteroatoms. The number of rotatable bonds is 9. The molecule has 0 aromatic carbocycles. The van der Waals surface area contributed by atoms with Crippen LogP contribution in [0.3, 0.4) is 0 Å². The first kappa shape index (κ1) is 22.7. The minimum atomic E-state index is -3.39. The van der Waals surface area contributed by atoms with Crippen LogP contribution in [0, 0.1) is 5.92 Å². The Bertz CT molecular complexity index is 555. The van der Waals surface area contributed by atoms with E-state index in [1.165, 1.54) is 10.6 Å². The Labute approximate surface area is 157 Å². The van der Waals surface area contributed by atoms with Crippen LogP contribution in [0.1, 0.15) is 46.5 Å². The number of nitrogens with zero attached hydrogens (tertiary/aromatic N) is 2. The normalized spacial score (nSPS) is 16.2. The molecule has 0 saturated carbocycles. The van der Waals surface area contributed by atoms with Gasteiger partial charge in [0, 0.05) is 38.1 Å². The van der Waals surface area contributed by atoms with Crippen LogP contribution in [0.15, 0.2) is 0 Å². The van der Waals surface area contributed by atoms with Crippen molar-refractivity contribution in [2.45, 2.75) is 52.5 Å². The molecule has 0 aromatic rings. The minimum absolute atomic E-state index is 0.0272. The Hall–Kier alpha value is -1.35. The first-order valence-corrected chi connectivity index (χ1v) is 11.3. The van der Waals surface area contributed by atoms with Crippen LogP contribution in [0.5, 0.6) is 0 Å². The summed E-state index contributed by atoms with van der Waals surface area (Å²) in [7, 11) is -3.39. The number of hydrogen-bond acceptors (Lipinski definition) is 5. The highest BCUT2D eigenvalue weighted by molar-refractivity contribution is 7.88. The summed E-state index contributed by atoms with van der Waals surface area (Å²) in [5, 5.41) is 2.84. The van der Waals surface area contributed by atoms with Gasteiger partial charge in [0.2, 0.25) is 15.9 Å². The molecule has 0 unspecified atom stereocenters. The van der Waals surface area contributed by atoms with Gasteiger partial charge in [-0.2, -0.15) is 4.31 Å². The predicted molar refractivity (Wildman–Crippen MR) is 100 cm³/mol. The molecule has 2 amide bonds. The maximum Gasteiger partial charge on any atom is 0.409 e. The maximum absolute atomic E-state index is 12.2. The molecule has 0 spiro atoms. The summed E-state index contributed by atoms with van der Waals surface area (Å²) in [6, 6.07) is -0.166. The van der Waals surface area contributed by atoms with Crippen molar-refractivity contribution in [1.29, 1.82) is 0 Å². The van der Waals surface area contributed by atoms with E-state index in [9.17, 15) is 18.0 Å². The Morgan fingerprint density at radius 3 is 2.23 bits per heavy atom. The van der Waals surface area contributed by atoms with Gasteiger partial charge in [-0.15, -0.1) is 0 Å². The van der Waals surface area contributed by atoms with Crippen molar-refractivity contribution in [1.82, 2.24) is 14.5 Å². The molecule has 1 fully saturated rings. The van der Waals surface area contributed by atoms with Crippen molar-refractivity contribution in [2.24, 2.45) is 5.92 Å². The quantitative estimate of drug-likeness (QED) is 0.641. The van der Waals surface area contributed by atoms with Crippen molar-refractivity contribution in [3.63, 3.8) is 0 Å². The molecule has 1 rings (SSSR count). The second-order valence-corrected chi connectivity index (χ2v) is 8.53. The summed E-state index contributed by atoms with van der Waals surface area (Å²) in [5.41, 5.74) is 0. The van der Waals surface area contributed by atoms with Gasteiger partial charge in [0.25, 0.3) is 0 Å².